The summed E-state index contributed by atoms with van der Waals surface area (Å²) in [4.78, 5) is 22.1. The number of likely N-dealkylation sites (tertiary alicyclic amines) is 1. The van der Waals surface area contributed by atoms with E-state index in [1.807, 2.05) is 6.26 Å². The molecule has 0 aliphatic carbocycles. The van der Waals surface area contributed by atoms with Crippen molar-refractivity contribution in [2.24, 2.45) is 0 Å². The molecule has 7 heteroatoms. The molecule has 2 rings (SSSR count). The molecule has 1 amide bonds. The van der Waals surface area contributed by atoms with Crippen molar-refractivity contribution < 1.29 is 9.90 Å². The number of amides is 1. The maximum absolute atomic E-state index is 12.3. The maximum Gasteiger partial charge on any atom is 0.274 e. The molecule has 5 nitrogen and oxygen atoms in total. The summed E-state index contributed by atoms with van der Waals surface area (Å²) >= 11 is 7.33. The van der Waals surface area contributed by atoms with E-state index in [0.29, 0.717) is 11.7 Å². The van der Waals surface area contributed by atoms with Crippen molar-refractivity contribution in [3.63, 3.8) is 0 Å². The summed E-state index contributed by atoms with van der Waals surface area (Å²) in [5.74, 6) is -0.228. The number of nitrogens with zero attached hydrogens (tertiary/aromatic N) is 3. The normalized spacial score (nSPS) is 19.3. The molecule has 1 fully saturated rings. The number of aliphatic hydroxyl groups is 1. The highest BCUT2D eigenvalue weighted by molar-refractivity contribution is 7.98. The number of carbonyl (C=O) groups excluding carboxylic acids is 1. The lowest BCUT2D eigenvalue weighted by Gasteiger charge is -2.22. The average Bonchev–Trinajstić information content (AvgIpc) is 2.86. The van der Waals surface area contributed by atoms with Gasteiger partial charge in [0.1, 0.15) is 0 Å². The smallest absolute Gasteiger partial charge is 0.274 e. The summed E-state index contributed by atoms with van der Waals surface area (Å²) in [5.41, 5.74) is 0.219. The Morgan fingerprint density at radius 1 is 1.72 bits per heavy atom. The van der Waals surface area contributed by atoms with Crippen LogP contribution in [-0.4, -0.2) is 51.3 Å². The molecule has 2 heterocycles. The largest absolute Gasteiger partial charge is 0.394 e. The minimum Gasteiger partial charge on any atom is -0.394 e. The topological polar surface area (TPSA) is 66.3 Å². The zero-order chi connectivity index (χ0) is 13.1. The van der Waals surface area contributed by atoms with E-state index < -0.39 is 0 Å². The van der Waals surface area contributed by atoms with Gasteiger partial charge in [0.25, 0.3) is 5.91 Å². The highest BCUT2D eigenvalue weighted by atomic mass is 35.5. The fourth-order valence-corrected chi connectivity index (χ4v) is 2.54. The van der Waals surface area contributed by atoms with Gasteiger partial charge in [-0.15, -0.1) is 0 Å². The van der Waals surface area contributed by atoms with Crippen molar-refractivity contribution in [3.8, 4) is 0 Å². The maximum atomic E-state index is 12.3. The fourth-order valence-electron chi connectivity index (χ4n) is 2.03. The van der Waals surface area contributed by atoms with Crippen molar-refractivity contribution in [3.05, 3.63) is 16.9 Å². The third-order valence-corrected chi connectivity index (χ3v) is 3.79. The first-order chi connectivity index (χ1) is 8.67. The van der Waals surface area contributed by atoms with Gasteiger partial charge >= 0.3 is 0 Å². The van der Waals surface area contributed by atoms with E-state index in [1.165, 1.54) is 18.0 Å². The standard InChI is InChI=1S/C11H14ClN3O2S/c1-18-11-13-5-8(12)9(14-11)10(17)15-4-2-3-7(15)6-16/h5,7,16H,2-4,6H2,1H3. The van der Waals surface area contributed by atoms with Crippen LogP contribution in [0.1, 0.15) is 23.3 Å². The lowest BCUT2D eigenvalue weighted by molar-refractivity contribution is 0.0671. The van der Waals surface area contributed by atoms with Crippen LogP contribution in [-0.2, 0) is 0 Å². The van der Waals surface area contributed by atoms with Gasteiger partial charge in [-0.3, -0.25) is 4.79 Å². The number of aliphatic hydroxyl groups excluding tert-OH is 1. The summed E-state index contributed by atoms with van der Waals surface area (Å²) in [5, 5.41) is 10.0. The number of rotatable bonds is 3. The molecule has 0 bridgehead atoms. The average molecular weight is 288 g/mol. The van der Waals surface area contributed by atoms with Crippen LogP contribution in [0.3, 0.4) is 0 Å². The molecule has 0 spiro atoms. The molecular weight excluding hydrogens is 274 g/mol. The number of carbonyl (C=O) groups is 1. The Kier molecular flexibility index (Phi) is 4.42. The predicted molar refractivity (Wildman–Crippen MR) is 70.0 cm³/mol. The molecule has 1 aliphatic rings. The molecule has 1 aliphatic heterocycles. The molecule has 1 saturated heterocycles. The van der Waals surface area contributed by atoms with Gasteiger partial charge < -0.3 is 10.0 Å². The molecule has 0 aromatic carbocycles. The summed E-state index contributed by atoms with van der Waals surface area (Å²) in [6, 6.07) is -0.124. The van der Waals surface area contributed by atoms with Crippen molar-refractivity contribution in [2.75, 3.05) is 19.4 Å². The Labute approximate surface area is 115 Å². The van der Waals surface area contributed by atoms with Crippen molar-refractivity contribution in [1.82, 2.24) is 14.9 Å². The second-order valence-corrected chi connectivity index (χ2v) is 5.21. The highest BCUT2D eigenvalue weighted by Gasteiger charge is 2.30. The predicted octanol–water partition coefficient (Wildman–Crippen LogP) is 1.45. The molecule has 0 saturated carbocycles. The molecule has 98 valence electrons. The first-order valence-electron chi connectivity index (χ1n) is 5.65. The molecule has 1 aromatic heterocycles. The van der Waals surface area contributed by atoms with Gasteiger partial charge in [-0.2, -0.15) is 0 Å². The second-order valence-electron chi connectivity index (χ2n) is 4.03. The molecule has 1 atom stereocenters. The van der Waals surface area contributed by atoms with Crippen LogP contribution in [0.15, 0.2) is 11.4 Å². The SMILES string of the molecule is CSc1ncc(Cl)c(C(=O)N2CCCC2CO)n1. The Morgan fingerprint density at radius 2 is 2.50 bits per heavy atom. The van der Waals surface area contributed by atoms with Crippen LogP contribution in [0.4, 0.5) is 0 Å². The second kappa shape index (κ2) is 5.86. The number of halogens is 1. The fraction of sp³-hybridized carbons (Fsp3) is 0.545. The number of hydrogen-bond donors (Lipinski definition) is 1. The lowest BCUT2D eigenvalue weighted by Crippen LogP contribution is -2.38. The highest BCUT2D eigenvalue weighted by Crippen LogP contribution is 2.23. The third-order valence-electron chi connectivity index (χ3n) is 2.96. The summed E-state index contributed by atoms with van der Waals surface area (Å²) in [7, 11) is 0. The van der Waals surface area contributed by atoms with Gasteiger partial charge in [-0.25, -0.2) is 9.97 Å². The first-order valence-corrected chi connectivity index (χ1v) is 7.26. The van der Waals surface area contributed by atoms with Gasteiger partial charge in [0, 0.05) is 6.54 Å². The molecular formula is C11H14ClN3O2S. The number of thioether (sulfide) groups is 1. The zero-order valence-electron chi connectivity index (χ0n) is 9.97. The van der Waals surface area contributed by atoms with E-state index in [2.05, 4.69) is 9.97 Å². The number of hydrogen-bond acceptors (Lipinski definition) is 5. The molecule has 1 unspecified atom stereocenters. The minimum absolute atomic E-state index is 0.0240. The number of aromatic nitrogens is 2. The van der Waals surface area contributed by atoms with Crippen molar-refractivity contribution in [2.45, 2.75) is 24.0 Å². The van der Waals surface area contributed by atoms with Gasteiger partial charge in [-0.1, -0.05) is 23.4 Å². The van der Waals surface area contributed by atoms with E-state index >= 15 is 0 Å². The lowest BCUT2D eigenvalue weighted by atomic mass is 10.2. The van der Waals surface area contributed by atoms with Crippen molar-refractivity contribution >= 4 is 29.3 Å². The molecule has 1 aromatic rings. The molecule has 18 heavy (non-hydrogen) atoms. The van der Waals surface area contributed by atoms with Gasteiger partial charge in [-0.05, 0) is 19.1 Å². The zero-order valence-corrected chi connectivity index (χ0v) is 11.5. The summed E-state index contributed by atoms with van der Waals surface area (Å²) < 4.78 is 0. The monoisotopic (exact) mass is 287 g/mol. The minimum atomic E-state index is -0.228. The van der Waals surface area contributed by atoms with Gasteiger partial charge in [0.15, 0.2) is 10.9 Å². The van der Waals surface area contributed by atoms with Crippen LogP contribution in [0.5, 0.6) is 0 Å². The Bertz CT molecular complexity index is 458. The van der Waals surface area contributed by atoms with Crippen LogP contribution in [0.25, 0.3) is 0 Å². The quantitative estimate of drug-likeness (QED) is 0.673. The van der Waals surface area contributed by atoms with Gasteiger partial charge in [0.2, 0.25) is 0 Å². The van der Waals surface area contributed by atoms with E-state index in [1.54, 1.807) is 4.90 Å². The Hall–Kier alpha value is -0.850. The summed E-state index contributed by atoms with van der Waals surface area (Å²) in [6.07, 6.45) is 5.00. The van der Waals surface area contributed by atoms with E-state index in [0.717, 1.165) is 12.8 Å². The van der Waals surface area contributed by atoms with E-state index in [4.69, 9.17) is 11.6 Å². The van der Waals surface area contributed by atoms with Crippen LogP contribution in [0.2, 0.25) is 5.02 Å². The van der Waals surface area contributed by atoms with Crippen LogP contribution < -0.4 is 0 Å². The third kappa shape index (κ3) is 2.60. The van der Waals surface area contributed by atoms with Gasteiger partial charge in [0.05, 0.1) is 23.9 Å². The van der Waals surface area contributed by atoms with E-state index in [-0.39, 0.29) is 29.3 Å². The van der Waals surface area contributed by atoms with Crippen LogP contribution >= 0.6 is 23.4 Å². The Balaban J connectivity index is 2.27. The van der Waals surface area contributed by atoms with Crippen LogP contribution in [0, 0.1) is 0 Å². The first kappa shape index (κ1) is 13.6. The van der Waals surface area contributed by atoms with E-state index in [9.17, 15) is 9.90 Å². The van der Waals surface area contributed by atoms with Crippen molar-refractivity contribution in [1.29, 1.82) is 0 Å². The molecule has 1 N–H and O–H groups in total. The Morgan fingerprint density at radius 3 is 3.17 bits per heavy atom. The molecule has 0 radical (unpaired) electrons. The summed E-state index contributed by atoms with van der Waals surface area (Å²) in [6.45, 7) is 0.614.